The fraction of sp³-hybridized carbons (Fsp3) is 0.0588. The van der Waals surface area contributed by atoms with E-state index in [-0.39, 0.29) is 17.5 Å². The highest BCUT2D eigenvalue weighted by Gasteiger charge is 2.09. The summed E-state index contributed by atoms with van der Waals surface area (Å²) in [6, 6.07) is 13.5. The van der Waals surface area contributed by atoms with Gasteiger partial charge in [0.2, 0.25) is 5.91 Å². The number of nitrogens with one attached hydrogen (secondary N) is 1. The van der Waals surface area contributed by atoms with Gasteiger partial charge < -0.3 is 11.1 Å². The van der Waals surface area contributed by atoms with Crippen LogP contribution in [0.3, 0.4) is 0 Å². The van der Waals surface area contributed by atoms with Gasteiger partial charge in [-0.1, -0.05) is 6.07 Å². The second-order valence-electron chi connectivity index (χ2n) is 4.95. The topological polar surface area (TPSA) is 68.0 Å². The molecule has 24 heavy (non-hydrogen) atoms. The van der Waals surface area contributed by atoms with Crippen molar-refractivity contribution >= 4 is 39.8 Å². The number of hydrogen-bond donors (Lipinski definition) is 2. The average Bonchev–Trinajstić information content (AvgIpc) is 3.02. The Morgan fingerprint density at radius 3 is 2.79 bits per heavy atom. The summed E-state index contributed by atoms with van der Waals surface area (Å²) in [6.45, 7) is 0. The minimum absolute atomic E-state index is 0.137. The molecule has 3 N–H and O–H groups in total. The van der Waals surface area contributed by atoms with Gasteiger partial charge in [-0.2, -0.15) is 0 Å². The third-order valence-corrected chi connectivity index (χ3v) is 4.87. The number of carbonyl (C=O) groups excluding carboxylic acids is 1. The molecule has 1 heterocycles. The molecule has 0 atom stereocenters. The van der Waals surface area contributed by atoms with E-state index in [1.165, 1.54) is 35.2 Å². The SMILES string of the molecule is Nc1cccc(SCC(=O)Nc2nc(-c3ccc(F)cc3)cs2)c1. The van der Waals surface area contributed by atoms with Crippen molar-refractivity contribution in [2.45, 2.75) is 4.90 Å². The maximum absolute atomic E-state index is 12.9. The van der Waals surface area contributed by atoms with Crippen molar-refractivity contribution in [2.24, 2.45) is 0 Å². The molecule has 122 valence electrons. The van der Waals surface area contributed by atoms with Gasteiger partial charge in [0.15, 0.2) is 5.13 Å². The lowest BCUT2D eigenvalue weighted by Gasteiger charge is -2.03. The molecular weight excluding hydrogens is 345 g/mol. The molecule has 0 aliphatic carbocycles. The molecule has 4 nitrogen and oxygen atoms in total. The molecule has 0 fully saturated rings. The van der Waals surface area contributed by atoms with E-state index in [4.69, 9.17) is 5.73 Å². The van der Waals surface area contributed by atoms with Gasteiger partial charge in [0.1, 0.15) is 5.82 Å². The zero-order valence-corrected chi connectivity index (χ0v) is 14.2. The molecule has 0 aliphatic heterocycles. The molecule has 0 radical (unpaired) electrons. The van der Waals surface area contributed by atoms with Crippen molar-refractivity contribution < 1.29 is 9.18 Å². The van der Waals surface area contributed by atoms with Crippen molar-refractivity contribution in [1.29, 1.82) is 0 Å². The highest BCUT2D eigenvalue weighted by molar-refractivity contribution is 8.00. The van der Waals surface area contributed by atoms with Gasteiger partial charge in [-0.15, -0.1) is 23.1 Å². The number of halogens is 1. The van der Waals surface area contributed by atoms with E-state index in [2.05, 4.69) is 10.3 Å². The quantitative estimate of drug-likeness (QED) is 0.527. The predicted molar refractivity (Wildman–Crippen MR) is 97.7 cm³/mol. The first-order valence-corrected chi connectivity index (χ1v) is 8.96. The molecular formula is C17H14FN3OS2. The number of nitrogens with two attached hydrogens (primary N) is 1. The minimum Gasteiger partial charge on any atom is -0.399 e. The number of nitrogen functional groups attached to an aromatic ring is 1. The largest absolute Gasteiger partial charge is 0.399 e. The number of thioether (sulfide) groups is 1. The number of amides is 1. The third-order valence-electron chi connectivity index (χ3n) is 3.12. The summed E-state index contributed by atoms with van der Waals surface area (Å²) in [5.74, 6) is -0.155. The summed E-state index contributed by atoms with van der Waals surface area (Å²) in [4.78, 5) is 17.3. The highest BCUT2D eigenvalue weighted by Crippen LogP contribution is 2.26. The number of benzene rings is 2. The summed E-state index contributed by atoms with van der Waals surface area (Å²) in [5.41, 5.74) is 7.90. The van der Waals surface area contributed by atoms with E-state index < -0.39 is 0 Å². The second kappa shape index (κ2) is 7.46. The van der Waals surface area contributed by atoms with Crippen LogP contribution in [-0.2, 0) is 4.79 Å². The summed E-state index contributed by atoms with van der Waals surface area (Å²) in [6.07, 6.45) is 0. The number of nitrogens with zero attached hydrogens (tertiary/aromatic N) is 1. The summed E-state index contributed by atoms with van der Waals surface area (Å²) < 4.78 is 12.9. The van der Waals surface area contributed by atoms with Crippen molar-refractivity contribution in [2.75, 3.05) is 16.8 Å². The molecule has 3 aromatic rings. The van der Waals surface area contributed by atoms with Gasteiger partial charge in [-0.25, -0.2) is 9.37 Å². The lowest BCUT2D eigenvalue weighted by Crippen LogP contribution is -2.13. The van der Waals surface area contributed by atoms with Crippen LogP contribution in [0.4, 0.5) is 15.2 Å². The average molecular weight is 359 g/mol. The molecule has 0 saturated heterocycles. The first-order chi connectivity index (χ1) is 11.6. The highest BCUT2D eigenvalue weighted by atomic mass is 32.2. The minimum atomic E-state index is -0.291. The van der Waals surface area contributed by atoms with Gasteiger partial charge in [0, 0.05) is 21.5 Å². The zero-order chi connectivity index (χ0) is 16.9. The van der Waals surface area contributed by atoms with E-state index in [1.807, 2.05) is 23.6 Å². The van der Waals surface area contributed by atoms with Gasteiger partial charge in [-0.3, -0.25) is 4.79 Å². The van der Waals surface area contributed by atoms with Gasteiger partial charge in [0.25, 0.3) is 0 Å². The molecule has 1 amide bonds. The van der Waals surface area contributed by atoms with E-state index in [1.54, 1.807) is 18.2 Å². The van der Waals surface area contributed by atoms with E-state index >= 15 is 0 Å². The molecule has 2 aromatic carbocycles. The van der Waals surface area contributed by atoms with Crippen molar-refractivity contribution in [3.05, 3.63) is 59.7 Å². The van der Waals surface area contributed by atoms with Crippen molar-refractivity contribution in [3.63, 3.8) is 0 Å². The Bertz CT molecular complexity index is 849. The first kappa shape index (κ1) is 16.5. The Morgan fingerprint density at radius 2 is 2.04 bits per heavy atom. The van der Waals surface area contributed by atoms with E-state index in [0.29, 0.717) is 16.5 Å². The van der Waals surface area contributed by atoms with Crippen LogP contribution in [0, 0.1) is 5.82 Å². The zero-order valence-electron chi connectivity index (χ0n) is 12.5. The van der Waals surface area contributed by atoms with Crippen LogP contribution >= 0.6 is 23.1 Å². The van der Waals surface area contributed by atoms with Crippen LogP contribution in [0.25, 0.3) is 11.3 Å². The number of hydrogen-bond acceptors (Lipinski definition) is 5. The Hall–Kier alpha value is -2.38. The molecule has 0 bridgehead atoms. The maximum atomic E-state index is 12.9. The Labute approximate surface area is 146 Å². The lowest BCUT2D eigenvalue weighted by atomic mass is 10.2. The molecule has 1 aromatic heterocycles. The summed E-state index contributed by atoms with van der Waals surface area (Å²) >= 11 is 2.74. The van der Waals surface area contributed by atoms with Gasteiger partial charge in [0.05, 0.1) is 11.4 Å². The predicted octanol–water partition coefficient (Wildman–Crippen LogP) is 4.26. The number of anilines is 2. The number of rotatable bonds is 5. The fourth-order valence-corrected chi connectivity index (χ4v) is 3.49. The van der Waals surface area contributed by atoms with Crippen LogP contribution in [0.2, 0.25) is 0 Å². The van der Waals surface area contributed by atoms with Crippen LogP contribution < -0.4 is 11.1 Å². The van der Waals surface area contributed by atoms with Crippen molar-refractivity contribution in [1.82, 2.24) is 4.98 Å². The standard InChI is InChI=1S/C17H14FN3OS2/c18-12-6-4-11(5-7-12)15-9-24-17(20-15)21-16(22)10-23-14-3-1-2-13(19)8-14/h1-9H,10,19H2,(H,20,21,22). The summed E-state index contributed by atoms with van der Waals surface area (Å²) in [7, 11) is 0. The monoisotopic (exact) mass is 359 g/mol. The maximum Gasteiger partial charge on any atom is 0.236 e. The van der Waals surface area contributed by atoms with Gasteiger partial charge >= 0.3 is 0 Å². The Balaban J connectivity index is 1.58. The molecule has 0 aliphatic rings. The molecule has 7 heteroatoms. The summed E-state index contributed by atoms with van der Waals surface area (Å²) in [5, 5.41) is 5.12. The number of carbonyl (C=O) groups is 1. The Kier molecular flexibility index (Phi) is 5.12. The normalized spacial score (nSPS) is 10.5. The van der Waals surface area contributed by atoms with Crippen LogP contribution in [0.15, 0.2) is 58.8 Å². The fourth-order valence-electron chi connectivity index (χ4n) is 1.99. The van der Waals surface area contributed by atoms with Crippen molar-refractivity contribution in [3.8, 4) is 11.3 Å². The second-order valence-corrected chi connectivity index (χ2v) is 6.86. The Morgan fingerprint density at radius 1 is 1.25 bits per heavy atom. The molecule has 0 spiro atoms. The van der Waals surface area contributed by atoms with Crippen LogP contribution in [0.1, 0.15) is 0 Å². The van der Waals surface area contributed by atoms with Crippen LogP contribution in [0.5, 0.6) is 0 Å². The first-order valence-electron chi connectivity index (χ1n) is 7.10. The smallest absolute Gasteiger partial charge is 0.236 e. The van der Waals surface area contributed by atoms with E-state index in [9.17, 15) is 9.18 Å². The third kappa shape index (κ3) is 4.33. The lowest BCUT2D eigenvalue weighted by molar-refractivity contribution is -0.113. The number of aromatic nitrogens is 1. The van der Waals surface area contributed by atoms with Gasteiger partial charge in [-0.05, 0) is 42.5 Å². The molecule has 0 unspecified atom stereocenters. The molecule has 3 rings (SSSR count). The van der Waals surface area contributed by atoms with Crippen LogP contribution in [-0.4, -0.2) is 16.6 Å². The van der Waals surface area contributed by atoms with E-state index in [0.717, 1.165) is 10.5 Å². The molecule has 0 saturated carbocycles. The number of thiazole rings is 1.